The van der Waals surface area contributed by atoms with Crippen molar-refractivity contribution in [3.8, 4) is 0 Å². The van der Waals surface area contributed by atoms with Crippen LogP contribution in [0.2, 0.25) is 0 Å². The minimum absolute atomic E-state index is 0.0928. The summed E-state index contributed by atoms with van der Waals surface area (Å²) < 4.78 is 2.19. The summed E-state index contributed by atoms with van der Waals surface area (Å²) in [7, 11) is 0. The van der Waals surface area contributed by atoms with E-state index in [2.05, 4.69) is 29.0 Å². The second-order valence-corrected chi connectivity index (χ2v) is 5.66. The molecule has 0 unspecified atom stereocenters. The fraction of sp³-hybridized carbons (Fsp3) is 0.375. The molecule has 0 bridgehead atoms. The minimum Gasteiger partial charge on any atom is -0.481 e. The molecule has 1 aromatic carbocycles. The first-order valence-corrected chi connectivity index (χ1v) is 7.31. The highest BCUT2D eigenvalue weighted by atomic mass is 16.4. The zero-order chi connectivity index (χ0) is 16.1. The Bertz CT molecular complexity index is 676. The number of hydrogen-bond donors (Lipinski definition) is 3. The van der Waals surface area contributed by atoms with Gasteiger partial charge in [0.05, 0.1) is 6.42 Å². The van der Waals surface area contributed by atoms with Crippen molar-refractivity contribution in [2.24, 2.45) is 5.92 Å². The van der Waals surface area contributed by atoms with Crippen molar-refractivity contribution in [3.05, 3.63) is 30.5 Å². The zero-order valence-corrected chi connectivity index (χ0v) is 12.8. The number of anilines is 1. The number of hydrogen-bond acceptors (Lipinski definition) is 2. The molecule has 1 heterocycles. The molecule has 6 nitrogen and oxygen atoms in total. The van der Waals surface area contributed by atoms with Gasteiger partial charge in [0.1, 0.15) is 0 Å². The van der Waals surface area contributed by atoms with Gasteiger partial charge in [-0.1, -0.05) is 13.8 Å². The number of nitrogens with one attached hydrogen (secondary N) is 2. The monoisotopic (exact) mass is 303 g/mol. The van der Waals surface area contributed by atoms with Gasteiger partial charge in [0, 0.05) is 35.9 Å². The molecule has 0 aliphatic heterocycles. The smallest absolute Gasteiger partial charge is 0.319 e. The van der Waals surface area contributed by atoms with E-state index in [0.29, 0.717) is 11.6 Å². The van der Waals surface area contributed by atoms with Crippen LogP contribution in [0.1, 0.15) is 20.3 Å². The zero-order valence-electron chi connectivity index (χ0n) is 12.8. The van der Waals surface area contributed by atoms with Crippen LogP contribution in [-0.2, 0) is 11.3 Å². The summed E-state index contributed by atoms with van der Waals surface area (Å²) in [6, 6.07) is 7.34. The number of carboxylic acid groups (broad SMARTS) is 1. The number of nitrogens with zero attached hydrogens (tertiary/aromatic N) is 1. The lowest BCUT2D eigenvalue weighted by Gasteiger charge is -2.10. The van der Waals surface area contributed by atoms with Crippen LogP contribution in [0.5, 0.6) is 0 Å². The number of rotatable bonds is 6. The third-order valence-corrected chi connectivity index (χ3v) is 3.22. The van der Waals surface area contributed by atoms with Crippen molar-refractivity contribution >= 4 is 28.6 Å². The Morgan fingerprint density at radius 2 is 2.05 bits per heavy atom. The minimum atomic E-state index is -0.937. The van der Waals surface area contributed by atoms with Crippen molar-refractivity contribution in [2.75, 3.05) is 11.9 Å². The number of fused-ring (bicyclic) bond motifs is 1. The fourth-order valence-electron chi connectivity index (χ4n) is 2.29. The lowest BCUT2D eigenvalue weighted by atomic mass is 10.2. The van der Waals surface area contributed by atoms with E-state index in [1.54, 1.807) is 0 Å². The van der Waals surface area contributed by atoms with Crippen LogP contribution >= 0.6 is 0 Å². The van der Waals surface area contributed by atoms with Gasteiger partial charge in [0.25, 0.3) is 0 Å². The Hall–Kier alpha value is -2.50. The van der Waals surface area contributed by atoms with Gasteiger partial charge in [-0.25, -0.2) is 4.79 Å². The molecule has 0 saturated carbocycles. The summed E-state index contributed by atoms with van der Waals surface area (Å²) in [5.41, 5.74) is 1.81. The first-order valence-electron chi connectivity index (χ1n) is 7.31. The van der Waals surface area contributed by atoms with Gasteiger partial charge < -0.3 is 20.3 Å². The number of benzene rings is 1. The summed E-state index contributed by atoms with van der Waals surface area (Å²) in [5.74, 6) is -0.373. The Balaban J connectivity index is 2.01. The van der Waals surface area contributed by atoms with E-state index in [4.69, 9.17) is 5.11 Å². The van der Waals surface area contributed by atoms with Crippen LogP contribution < -0.4 is 10.6 Å². The molecule has 0 fully saturated rings. The average molecular weight is 303 g/mol. The van der Waals surface area contributed by atoms with Crippen LogP contribution in [0.4, 0.5) is 10.5 Å². The molecular weight excluding hydrogens is 282 g/mol. The van der Waals surface area contributed by atoms with E-state index in [1.807, 2.05) is 30.5 Å². The molecule has 0 spiro atoms. The van der Waals surface area contributed by atoms with Gasteiger partial charge in [-0.05, 0) is 30.2 Å². The molecule has 1 aromatic heterocycles. The normalized spacial score (nSPS) is 10.9. The number of carbonyl (C=O) groups excluding carboxylic acids is 1. The quantitative estimate of drug-likeness (QED) is 0.767. The Morgan fingerprint density at radius 1 is 1.27 bits per heavy atom. The highest BCUT2D eigenvalue weighted by molar-refractivity contribution is 5.93. The molecule has 118 valence electrons. The van der Waals surface area contributed by atoms with Gasteiger partial charge in [0.2, 0.25) is 0 Å². The van der Waals surface area contributed by atoms with Crippen molar-refractivity contribution in [2.45, 2.75) is 26.8 Å². The Labute approximate surface area is 129 Å². The van der Waals surface area contributed by atoms with E-state index >= 15 is 0 Å². The van der Waals surface area contributed by atoms with E-state index < -0.39 is 12.0 Å². The fourth-order valence-corrected chi connectivity index (χ4v) is 2.29. The third-order valence-electron chi connectivity index (χ3n) is 3.22. The van der Waals surface area contributed by atoms with Crippen molar-refractivity contribution in [3.63, 3.8) is 0 Å². The molecule has 2 amide bonds. The molecular formula is C16H21N3O3. The summed E-state index contributed by atoms with van der Waals surface area (Å²) >= 11 is 0. The molecule has 0 aliphatic carbocycles. The molecule has 0 saturated heterocycles. The maximum absolute atomic E-state index is 11.7. The Morgan fingerprint density at radius 3 is 2.73 bits per heavy atom. The predicted octanol–water partition coefficient (Wildman–Crippen LogP) is 2.89. The summed E-state index contributed by atoms with van der Waals surface area (Å²) in [6.07, 6.45) is 1.95. The number of carboxylic acids is 1. The molecule has 3 N–H and O–H groups in total. The van der Waals surface area contributed by atoms with Crippen molar-refractivity contribution in [1.82, 2.24) is 9.88 Å². The van der Waals surface area contributed by atoms with E-state index in [1.165, 1.54) is 0 Å². The van der Waals surface area contributed by atoms with Gasteiger partial charge in [0.15, 0.2) is 0 Å². The summed E-state index contributed by atoms with van der Waals surface area (Å²) in [4.78, 5) is 22.1. The second kappa shape index (κ2) is 6.98. The van der Waals surface area contributed by atoms with Crippen molar-refractivity contribution in [1.29, 1.82) is 0 Å². The largest absolute Gasteiger partial charge is 0.481 e. The maximum atomic E-state index is 11.7. The third kappa shape index (κ3) is 4.25. The molecule has 0 atom stereocenters. The SMILES string of the molecule is CC(C)Cn1ccc2cc(NC(=O)NCCC(=O)O)ccc21. The highest BCUT2D eigenvalue weighted by Crippen LogP contribution is 2.21. The van der Waals surface area contributed by atoms with Gasteiger partial charge in [-0.2, -0.15) is 0 Å². The number of amides is 2. The van der Waals surface area contributed by atoms with Crippen molar-refractivity contribution < 1.29 is 14.7 Å². The first-order chi connectivity index (χ1) is 10.5. The number of urea groups is 1. The van der Waals surface area contributed by atoms with Crippen LogP contribution in [0.25, 0.3) is 10.9 Å². The summed E-state index contributed by atoms with van der Waals surface area (Å²) in [6.45, 7) is 5.40. The van der Waals surface area contributed by atoms with Crippen LogP contribution in [-0.4, -0.2) is 28.2 Å². The lowest BCUT2D eigenvalue weighted by Crippen LogP contribution is -2.30. The molecule has 22 heavy (non-hydrogen) atoms. The summed E-state index contributed by atoms with van der Waals surface area (Å²) in [5, 5.41) is 14.8. The topological polar surface area (TPSA) is 83.4 Å². The van der Waals surface area contributed by atoms with Gasteiger partial charge in [-0.3, -0.25) is 4.79 Å². The van der Waals surface area contributed by atoms with Crippen LogP contribution in [0, 0.1) is 5.92 Å². The number of carbonyl (C=O) groups is 2. The van der Waals surface area contributed by atoms with E-state index in [0.717, 1.165) is 17.4 Å². The predicted molar refractivity (Wildman–Crippen MR) is 86.1 cm³/mol. The lowest BCUT2D eigenvalue weighted by molar-refractivity contribution is -0.136. The maximum Gasteiger partial charge on any atom is 0.319 e. The number of aromatic nitrogens is 1. The molecule has 2 aromatic rings. The highest BCUT2D eigenvalue weighted by Gasteiger charge is 2.06. The molecule has 6 heteroatoms. The van der Waals surface area contributed by atoms with E-state index in [9.17, 15) is 9.59 Å². The van der Waals surface area contributed by atoms with Gasteiger partial charge >= 0.3 is 12.0 Å². The molecule has 0 aliphatic rings. The van der Waals surface area contributed by atoms with E-state index in [-0.39, 0.29) is 13.0 Å². The molecule has 0 radical (unpaired) electrons. The van der Waals surface area contributed by atoms with Gasteiger partial charge in [-0.15, -0.1) is 0 Å². The van der Waals surface area contributed by atoms with Crippen LogP contribution in [0.15, 0.2) is 30.5 Å². The van der Waals surface area contributed by atoms with Crippen LogP contribution in [0.3, 0.4) is 0 Å². The standard InChI is InChI=1S/C16H21N3O3/c1-11(2)10-19-8-6-12-9-13(3-4-14(12)19)18-16(22)17-7-5-15(20)21/h3-4,6,8-9,11H,5,7,10H2,1-2H3,(H,20,21)(H2,17,18,22). The Kier molecular flexibility index (Phi) is 5.04. The average Bonchev–Trinajstić information content (AvgIpc) is 2.80. The number of aliphatic carboxylic acids is 1. The molecule has 2 rings (SSSR count). The second-order valence-electron chi connectivity index (χ2n) is 5.66. The first kappa shape index (κ1) is 15.9.